The Balaban J connectivity index is 4.23. The fourth-order valence-electron chi connectivity index (χ4n) is 1.81. The first-order valence-electron chi connectivity index (χ1n) is 6.55. The molecule has 0 saturated heterocycles. The van der Waals surface area contributed by atoms with Gasteiger partial charge in [-0.05, 0) is 33.2 Å². The monoisotopic (exact) mass is 228 g/mol. The highest BCUT2D eigenvalue weighted by atomic mass is 16.2. The zero-order valence-corrected chi connectivity index (χ0v) is 11.3. The molecular weight excluding hydrogens is 200 g/mol. The molecule has 1 unspecified atom stereocenters. The molecule has 96 valence electrons. The van der Waals surface area contributed by atoms with Crippen molar-refractivity contribution < 1.29 is 4.79 Å². The minimum Gasteiger partial charge on any atom is -0.340 e. The third kappa shape index (κ3) is 5.50. The Hall–Kier alpha value is -0.570. The predicted molar refractivity (Wildman–Crippen MR) is 69.2 cm³/mol. The summed E-state index contributed by atoms with van der Waals surface area (Å²) in [6, 6.07) is 0.296. The molecule has 0 saturated carbocycles. The molecule has 0 fully saturated rings. The van der Waals surface area contributed by atoms with E-state index in [1.54, 1.807) is 0 Å². The quantitative estimate of drug-likeness (QED) is 0.648. The number of nitrogens with two attached hydrogens (primary N) is 1. The van der Waals surface area contributed by atoms with Crippen LogP contribution in [0, 0.1) is 5.92 Å². The van der Waals surface area contributed by atoms with Gasteiger partial charge >= 0.3 is 0 Å². The van der Waals surface area contributed by atoms with Crippen molar-refractivity contribution in [2.24, 2.45) is 11.7 Å². The second kappa shape index (κ2) is 8.57. The van der Waals surface area contributed by atoms with E-state index in [0.717, 1.165) is 19.4 Å². The SMILES string of the molecule is CCCCCN(C(=O)C(C)CCN)C(C)C. The van der Waals surface area contributed by atoms with E-state index < -0.39 is 0 Å². The van der Waals surface area contributed by atoms with Gasteiger partial charge in [0, 0.05) is 18.5 Å². The van der Waals surface area contributed by atoms with Gasteiger partial charge in [0.2, 0.25) is 5.91 Å². The topological polar surface area (TPSA) is 46.3 Å². The fourth-order valence-corrected chi connectivity index (χ4v) is 1.81. The number of hydrogen-bond acceptors (Lipinski definition) is 2. The molecule has 0 aromatic heterocycles. The largest absolute Gasteiger partial charge is 0.340 e. The van der Waals surface area contributed by atoms with Crippen molar-refractivity contribution in [3.63, 3.8) is 0 Å². The van der Waals surface area contributed by atoms with E-state index in [1.807, 2.05) is 11.8 Å². The lowest BCUT2D eigenvalue weighted by Gasteiger charge is -2.29. The molecule has 3 nitrogen and oxygen atoms in total. The molecule has 0 radical (unpaired) electrons. The molecule has 3 heteroatoms. The Morgan fingerprint density at radius 1 is 1.25 bits per heavy atom. The van der Waals surface area contributed by atoms with E-state index in [2.05, 4.69) is 20.8 Å². The predicted octanol–water partition coefficient (Wildman–Crippen LogP) is 2.40. The maximum atomic E-state index is 12.1. The van der Waals surface area contributed by atoms with Crippen LogP contribution in [0.25, 0.3) is 0 Å². The molecule has 0 heterocycles. The van der Waals surface area contributed by atoms with E-state index in [-0.39, 0.29) is 11.8 Å². The highest BCUT2D eigenvalue weighted by Crippen LogP contribution is 2.11. The Labute approximate surface area is 100 Å². The highest BCUT2D eigenvalue weighted by Gasteiger charge is 2.21. The van der Waals surface area contributed by atoms with Gasteiger partial charge in [-0.1, -0.05) is 26.7 Å². The summed E-state index contributed by atoms with van der Waals surface area (Å²) in [6.07, 6.45) is 4.28. The lowest BCUT2D eigenvalue weighted by Crippen LogP contribution is -2.41. The van der Waals surface area contributed by atoms with Crippen molar-refractivity contribution in [2.45, 2.75) is 59.4 Å². The molecule has 0 aliphatic heterocycles. The molecule has 1 amide bonds. The van der Waals surface area contributed by atoms with Crippen LogP contribution < -0.4 is 5.73 Å². The van der Waals surface area contributed by atoms with Gasteiger partial charge in [-0.3, -0.25) is 4.79 Å². The Bertz CT molecular complexity index is 192. The highest BCUT2D eigenvalue weighted by molar-refractivity contribution is 5.78. The number of nitrogens with zero attached hydrogens (tertiary/aromatic N) is 1. The van der Waals surface area contributed by atoms with Gasteiger partial charge in [-0.25, -0.2) is 0 Å². The van der Waals surface area contributed by atoms with Gasteiger partial charge < -0.3 is 10.6 Å². The van der Waals surface area contributed by atoms with E-state index in [4.69, 9.17) is 5.73 Å². The first-order valence-corrected chi connectivity index (χ1v) is 6.55. The molecular formula is C13H28N2O. The Morgan fingerprint density at radius 2 is 1.88 bits per heavy atom. The number of amides is 1. The second-order valence-electron chi connectivity index (χ2n) is 4.81. The van der Waals surface area contributed by atoms with Gasteiger partial charge in [0.05, 0.1) is 0 Å². The number of rotatable bonds is 8. The second-order valence-corrected chi connectivity index (χ2v) is 4.81. The van der Waals surface area contributed by atoms with Crippen molar-refractivity contribution in [3.8, 4) is 0 Å². The van der Waals surface area contributed by atoms with Gasteiger partial charge in [0.25, 0.3) is 0 Å². The number of hydrogen-bond donors (Lipinski definition) is 1. The molecule has 0 aliphatic rings. The summed E-state index contributed by atoms with van der Waals surface area (Å²) < 4.78 is 0. The van der Waals surface area contributed by atoms with Gasteiger partial charge in [-0.2, -0.15) is 0 Å². The lowest BCUT2D eigenvalue weighted by molar-refractivity contribution is -0.137. The van der Waals surface area contributed by atoms with E-state index in [9.17, 15) is 4.79 Å². The normalized spacial score (nSPS) is 12.9. The Kier molecular flexibility index (Phi) is 8.26. The van der Waals surface area contributed by atoms with Crippen LogP contribution in [0.15, 0.2) is 0 Å². The average Bonchev–Trinajstić information content (AvgIpc) is 2.23. The van der Waals surface area contributed by atoms with Crippen molar-refractivity contribution in [1.29, 1.82) is 0 Å². The lowest BCUT2D eigenvalue weighted by atomic mass is 10.1. The van der Waals surface area contributed by atoms with Crippen LogP contribution in [0.3, 0.4) is 0 Å². The Morgan fingerprint density at radius 3 is 2.31 bits per heavy atom. The molecule has 0 bridgehead atoms. The maximum absolute atomic E-state index is 12.1. The van der Waals surface area contributed by atoms with Crippen molar-refractivity contribution in [3.05, 3.63) is 0 Å². The minimum absolute atomic E-state index is 0.0639. The third-order valence-corrected chi connectivity index (χ3v) is 2.93. The number of carbonyl (C=O) groups is 1. The van der Waals surface area contributed by atoms with Gasteiger partial charge in [0.1, 0.15) is 0 Å². The number of carbonyl (C=O) groups excluding carboxylic acids is 1. The van der Waals surface area contributed by atoms with Crippen LogP contribution in [0.5, 0.6) is 0 Å². The molecule has 1 atom stereocenters. The van der Waals surface area contributed by atoms with Crippen LogP contribution in [0.4, 0.5) is 0 Å². The van der Waals surface area contributed by atoms with Crippen LogP contribution in [-0.4, -0.2) is 29.9 Å². The summed E-state index contributed by atoms with van der Waals surface area (Å²) in [5, 5.41) is 0. The van der Waals surface area contributed by atoms with Crippen molar-refractivity contribution >= 4 is 5.91 Å². The molecule has 16 heavy (non-hydrogen) atoms. The summed E-state index contributed by atoms with van der Waals surface area (Å²) in [6.45, 7) is 9.80. The summed E-state index contributed by atoms with van der Waals surface area (Å²) in [5.74, 6) is 0.325. The zero-order chi connectivity index (χ0) is 12.6. The summed E-state index contributed by atoms with van der Waals surface area (Å²) in [4.78, 5) is 14.1. The van der Waals surface area contributed by atoms with E-state index in [0.29, 0.717) is 12.6 Å². The van der Waals surface area contributed by atoms with Crippen LogP contribution in [0.2, 0.25) is 0 Å². The first kappa shape index (κ1) is 15.4. The summed E-state index contributed by atoms with van der Waals surface area (Å²) >= 11 is 0. The van der Waals surface area contributed by atoms with Crippen LogP contribution in [0.1, 0.15) is 53.4 Å². The van der Waals surface area contributed by atoms with Crippen LogP contribution >= 0.6 is 0 Å². The zero-order valence-electron chi connectivity index (χ0n) is 11.3. The smallest absolute Gasteiger partial charge is 0.225 e. The molecule has 2 N–H and O–H groups in total. The van der Waals surface area contributed by atoms with Gasteiger partial charge in [-0.15, -0.1) is 0 Å². The summed E-state index contributed by atoms with van der Waals surface area (Å²) in [7, 11) is 0. The average molecular weight is 228 g/mol. The van der Waals surface area contributed by atoms with Gasteiger partial charge in [0.15, 0.2) is 0 Å². The maximum Gasteiger partial charge on any atom is 0.225 e. The molecule has 0 aromatic carbocycles. The van der Waals surface area contributed by atoms with E-state index in [1.165, 1.54) is 12.8 Å². The van der Waals surface area contributed by atoms with Crippen molar-refractivity contribution in [1.82, 2.24) is 4.90 Å². The molecule has 0 rings (SSSR count). The standard InChI is InChI=1S/C13H28N2O/c1-5-6-7-10-15(11(2)3)13(16)12(4)8-9-14/h11-12H,5-10,14H2,1-4H3. The fraction of sp³-hybridized carbons (Fsp3) is 0.923. The molecule has 0 aliphatic carbocycles. The van der Waals surface area contributed by atoms with Crippen LogP contribution in [-0.2, 0) is 4.79 Å². The molecule has 0 aromatic rings. The molecule has 0 spiro atoms. The third-order valence-electron chi connectivity index (χ3n) is 2.93. The summed E-state index contributed by atoms with van der Waals surface area (Å²) in [5.41, 5.74) is 5.49. The number of unbranched alkanes of at least 4 members (excludes halogenated alkanes) is 2. The minimum atomic E-state index is 0.0639. The van der Waals surface area contributed by atoms with Crippen molar-refractivity contribution in [2.75, 3.05) is 13.1 Å². The van der Waals surface area contributed by atoms with E-state index >= 15 is 0 Å². The first-order chi connectivity index (χ1) is 7.54.